The van der Waals surface area contributed by atoms with Crippen molar-refractivity contribution >= 4 is 12.1 Å². The highest BCUT2D eigenvalue weighted by Crippen LogP contribution is 2.07. The minimum absolute atomic E-state index is 0.371. The molecule has 0 radical (unpaired) electrons. The summed E-state index contributed by atoms with van der Waals surface area (Å²) in [6.07, 6.45) is 1.07. The van der Waals surface area contributed by atoms with E-state index >= 15 is 0 Å². The summed E-state index contributed by atoms with van der Waals surface area (Å²) < 4.78 is 0. The lowest BCUT2D eigenvalue weighted by Crippen LogP contribution is -2.41. The zero-order valence-corrected chi connectivity index (χ0v) is 10.8. The van der Waals surface area contributed by atoms with Gasteiger partial charge in [-0.25, -0.2) is 9.59 Å². The lowest BCUT2D eigenvalue weighted by Gasteiger charge is -2.18. The average molecular weight is 247 g/mol. The van der Waals surface area contributed by atoms with Crippen molar-refractivity contribution in [2.75, 3.05) is 0 Å². The van der Waals surface area contributed by atoms with Crippen molar-refractivity contribution in [1.29, 1.82) is 0 Å². The maximum atomic E-state index is 11.2. The second-order valence-corrected chi connectivity index (χ2v) is 4.74. The van der Waals surface area contributed by atoms with Gasteiger partial charge in [0.15, 0.2) is 0 Å². The first-order valence-electron chi connectivity index (χ1n) is 5.65. The van der Waals surface area contributed by atoms with Crippen LogP contribution in [0.5, 0.6) is 0 Å². The van der Waals surface area contributed by atoms with Crippen LogP contribution < -0.4 is 5.32 Å². The molecule has 2 N–H and O–H groups in total. The Morgan fingerprint density at radius 3 is 2.35 bits per heavy atom. The first-order valence-corrected chi connectivity index (χ1v) is 5.65. The van der Waals surface area contributed by atoms with E-state index < -0.39 is 23.7 Å². The van der Waals surface area contributed by atoms with E-state index in [2.05, 4.69) is 10.2 Å². The zero-order valence-electron chi connectivity index (χ0n) is 10.8. The van der Waals surface area contributed by atoms with Gasteiger partial charge in [-0.1, -0.05) is 19.8 Å². The van der Waals surface area contributed by atoms with Crippen molar-refractivity contribution in [2.24, 2.45) is 0 Å². The highest BCUT2D eigenvalue weighted by Gasteiger charge is 2.22. The van der Waals surface area contributed by atoms with Crippen LogP contribution in [0.15, 0.2) is 0 Å². The largest absolute Gasteiger partial charge is 0.480 e. The van der Waals surface area contributed by atoms with Crippen molar-refractivity contribution in [3.05, 3.63) is 0 Å². The molecule has 0 aliphatic carbocycles. The predicted octanol–water partition coefficient (Wildman–Crippen LogP) is 2.09. The van der Waals surface area contributed by atoms with Crippen LogP contribution in [0.2, 0.25) is 0 Å². The molecule has 6 nitrogen and oxygen atoms in total. The summed E-state index contributed by atoms with van der Waals surface area (Å²) in [5.41, 5.74) is -0.626. The number of nitrogens with one attached hydrogen (secondary N) is 1. The number of carbonyl (C=O) groups excluding carboxylic acids is 1. The van der Waals surface area contributed by atoms with Gasteiger partial charge in [0.05, 0.1) is 0 Å². The highest BCUT2D eigenvalue weighted by molar-refractivity contribution is 5.79. The number of carbonyl (C=O) groups is 2. The third-order valence-corrected chi connectivity index (χ3v) is 1.80. The van der Waals surface area contributed by atoms with Crippen molar-refractivity contribution in [3.8, 4) is 0 Å². The Balaban J connectivity index is 4.08. The van der Waals surface area contributed by atoms with Gasteiger partial charge in [-0.3, -0.25) is 4.89 Å². The van der Waals surface area contributed by atoms with Gasteiger partial charge in [0.25, 0.3) is 0 Å². The molecule has 0 aliphatic heterocycles. The molecule has 0 fully saturated rings. The van der Waals surface area contributed by atoms with Crippen molar-refractivity contribution in [1.82, 2.24) is 5.32 Å². The summed E-state index contributed by atoms with van der Waals surface area (Å²) in [6, 6.07) is -0.939. The number of amides is 1. The summed E-state index contributed by atoms with van der Waals surface area (Å²) in [6.45, 7) is 7.09. The zero-order chi connectivity index (χ0) is 13.5. The van der Waals surface area contributed by atoms with Crippen LogP contribution in [0, 0.1) is 0 Å². The van der Waals surface area contributed by atoms with E-state index in [0.29, 0.717) is 6.42 Å². The second kappa shape index (κ2) is 7.11. The fourth-order valence-electron chi connectivity index (χ4n) is 0.995. The van der Waals surface area contributed by atoms with Gasteiger partial charge in [0.2, 0.25) is 0 Å². The Labute approximate surface area is 101 Å². The van der Waals surface area contributed by atoms with Gasteiger partial charge < -0.3 is 10.4 Å². The molecule has 0 aliphatic rings. The molecular weight excluding hydrogens is 226 g/mol. The monoisotopic (exact) mass is 247 g/mol. The Hall–Kier alpha value is -1.30. The van der Waals surface area contributed by atoms with E-state index in [-0.39, 0.29) is 0 Å². The Morgan fingerprint density at radius 1 is 1.35 bits per heavy atom. The average Bonchev–Trinajstić information content (AvgIpc) is 2.19. The van der Waals surface area contributed by atoms with Gasteiger partial charge in [0, 0.05) is 0 Å². The lowest BCUT2D eigenvalue weighted by atomic mass is 10.1. The fourth-order valence-corrected chi connectivity index (χ4v) is 0.995. The molecule has 1 atom stereocenters. The molecule has 0 heterocycles. The number of aliphatic carboxylic acids is 1. The molecule has 17 heavy (non-hydrogen) atoms. The number of carboxylic acids is 1. The smallest absolute Gasteiger partial charge is 0.439 e. The van der Waals surface area contributed by atoms with Gasteiger partial charge in [-0.05, 0) is 27.2 Å². The minimum Gasteiger partial charge on any atom is -0.480 e. The lowest BCUT2D eigenvalue weighted by molar-refractivity contribution is -0.300. The van der Waals surface area contributed by atoms with Gasteiger partial charge >= 0.3 is 12.1 Å². The van der Waals surface area contributed by atoms with E-state index in [1.807, 2.05) is 6.92 Å². The van der Waals surface area contributed by atoms with Crippen LogP contribution >= 0.6 is 0 Å². The molecule has 1 amide bonds. The molecule has 0 saturated carbocycles. The van der Waals surface area contributed by atoms with E-state index in [1.165, 1.54) is 0 Å². The Kier molecular flexibility index (Phi) is 6.57. The maximum Gasteiger partial charge on any atom is 0.439 e. The molecule has 6 heteroatoms. The van der Waals surface area contributed by atoms with Gasteiger partial charge in [0.1, 0.15) is 11.6 Å². The second-order valence-electron chi connectivity index (χ2n) is 4.74. The van der Waals surface area contributed by atoms with Gasteiger partial charge in [-0.2, -0.15) is 4.89 Å². The first kappa shape index (κ1) is 15.7. The molecule has 0 aromatic carbocycles. The molecule has 0 aromatic rings. The molecule has 0 bridgehead atoms. The third-order valence-electron chi connectivity index (χ3n) is 1.80. The van der Waals surface area contributed by atoms with E-state index in [9.17, 15) is 9.59 Å². The van der Waals surface area contributed by atoms with E-state index in [1.54, 1.807) is 20.8 Å². The maximum absolute atomic E-state index is 11.2. The van der Waals surface area contributed by atoms with Crippen LogP contribution in [-0.4, -0.2) is 28.8 Å². The molecule has 0 aromatic heterocycles. The number of hydrogen-bond acceptors (Lipinski definition) is 4. The number of rotatable bonds is 6. The third kappa shape index (κ3) is 8.50. The van der Waals surface area contributed by atoms with Crippen LogP contribution in [-0.2, 0) is 14.6 Å². The fraction of sp³-hybridized carbons (Fsp3) is 0.818. The predicted molar refractivity (Wildman–Crippen MR) is 61.4 cm³/mol. The summed E-state index contributed by atoms with van der Waals surface area (Å²) in [5.74, 6) is -1.08. The standard InChI is InChI=1S/C11H21NO5/c1-5-6-7-8(9(13)14)12-10(15)16-17-11(2,3)4/h8H,5-7H2,1-4H3,(H,12,15)(H,13,14). The summed E-state index contributed by atoms with van der Waals surface area (Å²) in [4.78, 5) is 31.3. The van der Waals surface area contributed by atoms with Crippen LogP contribution in [0.3, 0.4) is 0 Å². The van der Waals surface area contributed by atoms with E-state index in [0.717, 1.165) is 12.8 Å². The Morgan fingerprint density at radius 2 is 1.94 bits per heavy atom. The van der Waals surface area contributed by atoms with E-state index in [4.69, 9.17) is 9.99 Å². The topological polar surface area (TPSA) is 84.9 Å². The summed E-state index contributed by atoms with van der Waals surface area (Å²) >= 11 is 0. The summed E-state index contributed by atoms with van der Waals surface area (Å²) in [7, 11) is 0. The van der Waals surface area contributed by atoms with Crippen molar-refractivity contribution in [3.63, 3.8) is 0 Å². The highest BCUT2D eigenvalue weighted by atomic mass is 17.2. The SMILES string of the molecule is CCCCC(NC(=O)OOC(C)(C)C)C(=O)O. The molecular formula is C11H21NO5. The molecule has 0 spiro atoms. The minimum atomic E-state index is -1.08. The van der Waals surface area contributed by atoms with Crippen molar-refractivity contribution < 1.29 is 24.5 Å². The number of hydrogen-bond donors (Lipinski definition) is 2. The molecule has 100 valence electrons. The van der Waals surface area contributed by atoms with Crippen LogP contribution in [0.1, 0.15) is 47.0 Å². The molecule has 0 rings (SSSR count). The van der Waals surface area contributed by atoms with Crippen molar-refractivity contribution in [2.45, 2.75) is 58.6 Å². The summed E-state index contributed by atoms with van der Waals surface area (Å²) in [5, 5.41) is 11.1. The number of unbranched alkanes of at least 4 members (excludes halogenated alkanes) is 1. The molecule has 0 saturated heterocycles. The Bertz CT molecular complexity index is 259. The van der Waals surface area contributed by atoms with Crippen LogP contribution in [0.4, 0.5) is 4.79 Å². The number of carboxylic acid groups (broad SMARTS) is 1. The molecule has 1 unspecified atom stereocenters. The first-order chi connectivity index (χ1) is 7.76. The quantitative estimate of drug-likeness (QED) is 0.554. The van der Waals surface area contributed by atoms with Gasteiger partial charge in [-0.15, -0.1) is 0 Å². The van der Waals surface area contributed by atoms with Crippen LogP contribution in [0.25, 0.3) is 0 Å². The normalized spacial score (nSPS) is 12.9.